The number of benzene rings is 2. The Morgan fingerprint density at radius 3 is 2.45 bits per heavy atom. The first-order valence-corrected chi connectivity index (χ1v) is 21.6. The summed E-state index contributed by atoms with van der Waals surface area (Å²) < 4.78 is 15.9. The zero-order chi connectivity index (χ0) is 42.7. The van der Waals surface area contributed by atoms with Gasteiger partial charge in [0.1, 0.15) is 28.9 Å². The van der Waals surface area contributed by atoms with Gasteiger partial charge in [-0.25, -0.2) is 18.9 Å². The lowest BCUT2D eigenvalue weighted by Crippen LogP contribution is -2.49. The van der Waals surface area contributed by atoms with E-state index in [2.05, 4.69) is 30.3 Å². The maximum Gasteiger partial charge on any atom is 0.262 e. The normalized spacial score (nSPS) is 19.5. The van der Waals surface area contributed by atoms with Crippen LogP contribution < -0.4 is 20.4 Å². The van der Waals surface area contributed by atoms with Gasteiger partial charge in [0, 0.05) is 57.9 Å². The van der Waals surface area contributed by atoms with Crippen LogP contribution in [-0.4, -0.2) is 117 Å². The minimum atomic E-state index is -0.884. The van der Waals surface area contributed by atoms with Crippen LogP contribution in [0.5, 0.6) is 0 Å². The Bertz CT molecular complexity index is 2540. The molecule has 3 aliphatic heterocycles. The first kappa shape index (κ1) is 40.8. The summed E-state index contributed by atoms with van der Waals surface area (Å²) in [7, 11) is 0. The SMILES string of the molecule is O=C1CCC(N2C(=O)c3ccc(NCCCCCNC(=O)CN4CCN(c5cccc(-c6cnc7ccc(N8CCC[C@@H]8c8cccc(F)c8)nn67)n5)CC4)cc3C2=O)C(=O)C1. The quantitative estimate of drug-likeness (QED) is 0.0868. The Morgan fingerprint density at radius 2 is 1.61 bits per heavy atom. The number of aromatic nitrogens is 4. The van der Waals surface area contributed by atoms with Crippen molar-refractivity contribution in [3.05, 3.63) is 102 Å². The van der Waals surface area contributed by atoms with Crippen molar-refractivity contribution < 1.29 is 28.4 Å². The van der Waals surface area contributed by atoms with Crippen LogP contribution in [0.25, 0.3) is 17.0 Å². The smallest absolute Gasteiger partial charge is 0.262 e. The van der Waals surface area contributed by atoms with Crippen molar-refractivity contribution in [3.8, 4) is 11.4 Å². The number of imidazole rings is 1. The molecule has 3 amide bonds. The molecule has 320 valence electrons. The molecule has 0 bridgehead atoms. The number of imide groups is 1. The molecule has 1 unspecified atom stereocenters. The van der Waals surface area contributed by atoms with E-state index in [-0.39, 0.29) is 59.7 Å². The monoisotopic (exact) mass is 840 g/mol. The van der Waals surface area contributed by atoms with Gasteiger partial charge in [-0.15, -0.1) is 5.10 Å². The van der Waals surface area contributed by atoms with Crippen molar-refractivity contribution >= 4 is 52.3 Å². The summed E-state index contributed by atoms with van der Waals surface area (Å²) in [6, 6.07) is 20.9. The highest BCUT2D eigenvalue weighted by molar-refractivity contribution is 6.24. The number of unbranched alkanes of at least 4 members (excludes halogenated alkanes) is 2. The summed E-state index contributed by atoms with van der Waals surface area (Å²) >= 11 is 0. The van der Waals surface area contributed by atoms with E-state index in [4.69, 9.17) is 10.1 Å². The first-order chi connectivity index (χ1) is 30.2. The predicted molar refractivity (Wildman–Crippen MR) is 231 cm³/mol. The zero-order valence-electron chi connectivity index (χ0n) is 34.5. The van der Waals surface area contributed by atoms with Crippen LogP contribution >= 0.6 is 0 Å². The van der Waals surface area contributed by atoms with Crippen LogP contribution in [0.1, 0.15) is 83.7 Å². The van der Waals surface area contributed by atoms with Crippen molar-refractivity contribution in [1.29, 1.82) is 0 Å². The number of pyridine rings is 1. The molecule has 16 heteroatoms. The summed E-state index contributed by atoms with van der Waals surface area (Å²) in [5.74, 6) is -0.0897. The lowest BCUT2D eigenvalue weighted by atomic mass is 9.92. The number of piperazine rings is 1. The lowest BCUT2D eigenvalue weighted by molar-refractivity contribution is -0.132. The number of Topliss-reactive ketones (excluding diaryl/α,β-unsaturated/α-hetero) is 2. The van der Waals surface area contributed by atoms with E-state index in [1.54, 1.807) is 36.5 Å². The van der Waals surface area contributed by atoms with Crippen molar-refractivity contribution in [1.82, 2.24) is 34.7 Å². The highest BCUT2D eigenvalue weighted by Crippen LogP contribution is 2.36. The molecule has 2 atom stereocenters. The number of hydrogen-bond donors (Lipinski definition) is 2. The third kappa shape index (κ3) is 8.51. The van der Waals surface area contributed by atoms with E-state index in [0.717, 1.165) is 104 Å². The van der Waals surface area contributed by atoms with Gasteiger partial charge in [0.05, 0.1) is 48.1 Å². The number of rotatable bonds is 14. The van der Waals surface area contributed by atoms with Crippen LogP contribution in [0.4, 0.5) is 21.7 Å². The van der Waals surface area contributed by atoms with Gasteiger partial charge in [0.25, 0.3) is 11.8 Å². The van der Waals surface area contributed by atoms with E-state index in [0.29, 0.717) is 25.3 Å². The fourth-order valence-electron chi connectivity index (χ4n) is 9.10. The van der Waals surface area contributed by atoms with Crippen molar-refractivity contribution in [2.75, 3.05) is 67.5 Å². The van der Waals surface area contributed by atoms with Crippen LogP contribution in [-0.2, 0) is 14.4 Å². The third-order valence-corrected chi connectivity index (χ3v) is 12.4. The molecule has 4 aliphatic rings. The predicted octanol–water partition coefficient (Wildman–Crippen LogP) is 5.08. The summed E-state index contributed by atoms with van der Waals surface area (Å²) in [5.41, 5.74) is 4.47. The largest absolute Gasteiger partial charge is 0.385 e. The molecule has 2 saturated heterocycles. The standard InChI is InChI=1S/C46H49FN10O5/c47-31-8-4-7-30(25-31)37-10-6-20-55(37)43-17-16-41-50-28-39(57(41)52-43)36-9-5-11-42(51-36)54-23-21-53(22-24-54)29-44(60)49-19-3-1-2-18-48-32-12-14-34-35(26-32)46(62)56(45(34)61)38-15-13-33(58)27-40(38)59/h4-5,7-9,11-12,14,16-17,25-26,28,37-38,48H,1-3,6,10,13,15,18-24,27,29H2,(H,49,60)/t37-,38?/m1/s1. The molecule has 0 spiro atoms. The second-order valence-corrected chi connectivity index (χ2v) is 16.5. The van der Waals surface area contributed by atoms with Gasteiger partial charge in [0.2, 0.25) is 5.91 Å². The third-order valence-electron chi connectivity index (χ3n) is 12.4. The van der Waals surface area contributed by atoms with Crippen LogP contribution in [0, 0.1) is 5.82 Å². The second kappa shape index (κ2) is 17.8. The van der Waals surface area contributed by atoms with Crippen molar-refractivity contribution in [2.45, 2.75) is 63.5 Å². The van der Waals surface area contributed by atoms with Crippen LogP contribution in [0.15, 0.2) is 79.0 Å². The molecule has 5 aromatic rings. The number of hydrogen-bond acceptors (Lipinski definition) is 12. The van der Waals surface area contributed by atoms with Gasteiger partial charge in [-0.2, -0.15) is 0 Å². The average molecular weight is 841 g/mol. The summed E-state index contributed by atoms with van der Waals surface area (Å²) in [6.07, 6.45) is 6.41. The number of fused-ring (bicyclic) bond motifs is 2. The molecule has 1 aliphatic carbocycles. The molecular formula is C46H49FN10O5. The molecular weight excluding hydrogens is 792 g/mol. The van der Waals surface area contributed by atoms with E-state index in [9.17, 15) is 28.4 Å². The Kier molecular flexibility index (Phi) is 11.7. The Balaban J connectivity index is 0.703. The van der Waals surface area contributed by atoms with Gasteiger partial charge < -0.3 is 20.4 Å². The number of carbonyl (C=O) groups is 5. The van der Waals surface area contributed by atoms with Crippen molar-refractivity contribution in [2.24, 2.45) is 0 Å². The van der Waals surface area contributed by atoms with Gasteiger partial charge in [-0.05, 0) is 98.7 Å². The fraction of sp³-hybridized carbons (Fsp3) is 0.391. The van der Waals surface area contributed by atoms with Gasteiger partial charge in [-0.3, -0.25) is 33.8 Å². The van der Waals surface area contributed by atoms with E-state index in [1.165, 1.54) is 6.07 Å². The first-order valence-electron chi connectivity index (χ1n) is 21.6. The molecule has 2 N–H and O–H groups in total. The topological polar surface area (TPSA) is 165 Å². The molecule has 9 rings (SSSR count). The minimum absolute atomic E-state index is 0.000265. The van der Waals surface area contributed by atoms with Crippen LogP contribution in [0.2, 0.25) is 0 Å². The van der Waals surface area contributed by atoms with Gasteiger partial charge in [0.15, 0.2) is 11.4 Å². The maximum atomic E-state index is 14.1. The Hall–Kier alpha value is -6.55. The zero-order valence-corrected chi connectivity index (χ0v) is 34.5. The van der Waals surface area contributed by atoms with E-state index >= 15 is 0 Å². The highest BCUT2D eigenvalue weighted by Gasteiger charge is 2.44. The molecule has 3 fully saturated rings. The summed E-state index contributed by atoms with van der Waals surface area (Å²) in [5, 5.41) is 11.4. The number of carbonyl (C=O) groups excluding carboxylic acids is 5. The number of anilines is 3. The summed E-state index contributed by atoms with van der Waals surface area (Å²) in [4.78, 5) is 80.3. The molecule has 62 heavy (non-hydrogen) atoms. The molecule has 2 aromatic carbocycles. The number of amides is 3. The maximum absolute atomic E-state index is 14.1. The molecule has 15 nitrogen and oxygen atoms in total. The average Bonchev–Trinajstić information content (AvgIpc) is 4.00. The minimum Gasteiger partial charge on any atom is -0.385 e. The Labute approximate surface area is 358 Å². The molecule has 0 radical (unpaired) electrons. The Morgan fingerprint density at radius 1 is 0.790 bits per heavy atom. The molecule has 1 saturated carbocycles. The highest BCUT2D eigenvalue weighted by atomic mass is 19.1. The lowest BCUT2D eigenvalue weighted by Gasteiger charge is -2.35. The number of halogens is 1. The van der Waals surface area contributed by atoms with E-state index < -0.39 is 17.9 Å². The van der Waals surface area contributed by atoms with Gasteiger partial charge >= 0.3 is 0 Å². The van der Waals surface area contributed by atoms with Gasteiger partial charge in [-0.1, -0.05) is 18.2 Å². The summed E-state index contributed by atoms with van der Waals surface area (Å²) in [6.45, 7) is 5.33. The molecule has 3 aromatic heterocycles. The fourth-order valence-corrected chi connectivity index (χ4v) is 9.10. The van der Waals surface area contributed by atoms with E-state index in [1.807, 2.05) is 40.9 Å². The second-order valence-electron chi connectivity index (χ2n) is 16.5. The van der Waals surface area contributed by atoms with Crippen LogP contribution in [0.3, 0.4) is 0 Å². The number of nitrogens with one attached hydrogen (secondary N) is 2. The number of ketones is 2. The number of nitrogens with zero attached hydrogens (tertiary/aromatic N) is 8. The van der Waals surface area contributed by atoms with Crippen molar-refractivity contribution in [3.63, 3.8) is 0 Å². The molecule has 6 heterocycles.